The Labute approximate surface area is 113 Å². The van der Waals surface area contributed by atoms with Crippen molar-refractivity contribution in [2.45, 2.75) is 18.2 Å². The summed E-state index contributed by atoms with van der Waals surface area (Å²) in [6.45, 7) is 1.99. The average Bonchev–Trinajstić information content (AvgIpc) is 2.40. The van der Waals surface area contributed by atoms with E-state index in [2.05, 4.69) is 4.98 Å². The van der Waals surface area contributed by atoms with E-state index in [4.69, 9.17) is 4.18 Å². The highest BCUT2D eigenvalue weighted by molar-refractivity contribution is 7.86. The lowest BCUT2D eigenvalue weighted by atomic mass is 10.2. The van der Waals surface area contributed by atoms with Crippen LogP contribution in [0.5, 0.6) is 0 Å². The quantitative estimate of drug-likeness (QED) is 0.787. The smallest absolute Gasteiger partial charge is 0.266 e. The molecule has 0 amide bonds. The SMILES string of the molecule is Cc1ccc(S(=O)(=O)OCCc2ccccn2)cc1. The molecule has 1 aromatic carbocycles. The van der Waals surface area contributed by atoms with Crippen molar-refractivity contribution in [1.29, 1.82) is 0 Å². The van der Waals surface area contributed by atoms with Gasteiger partial charge >= 0.3 is 0 Å². The first kappa shape index (κ1) is 13.7. The van der Waals surface area contributed by atoms with E-state index in [1.54, 1.807) is 30.5 Å². The normalized spacial score (nSPS) is 11.4. The Bertz CT molecular complexity index is 622. The second kappa shape index (κ2) is 5.95. The molecule has 0 saturated carbocycles. The molecule has 0 atom stereocenters. The van der Waals surface area contributed by atoms with Crippen molar-refractivity contribution in [2.24, 2.45) is 0 Å². The van der Waals surface area contributed by atoms with Gasteiger partial charge in [-0.1, -0.05) is 23.8 Å². The molecule has 0 spiro atoms. The standard InChI is InChI=1S/C14H15NO3S/c1-12-5-7-14(8-6-12)19(16,17)18-11-9-13-4-2-3-10-15-13/h2-8,10H,9,11H2,1H3. The molecule has 0 unspecified atom stereocenters. The summed E-state index contributed by atoms with van der Waals surface area (Å²) in [4.78, 5) is 4.29. The number of nitrogens with zero attached hydrogens (tertiary/aromatic N) is 1. The van der Waals surface area contributed by atoms with Crippen LogP contribution < -0.4 is 0 Å². The summed E-state index contributed by atoms with van der Waals surface area (Å²) >= 11 is 0. The van der Waals surface area contributed by atoms with Crippen LogP contribution in [0.1, 0.15) is 11.3 Å². The molecule has 19 heavy (non-hydrogen) atoms. The molecule has 0 saturated heterocycles. The molecule has 100 valence electrons. The number of hydrogen-bond donors (Lipinski definition) is 0. The molecule has 1 aromatic heterocycles. The maximum atomic E-state index is 11.9. The second-order valence-electron chi connectivity index (χ2n) is 4.16. The molecule has 0 bridgehead atoms. The third-order valence-corrected chi connectivity index (χ3v) is 3.96. The van der Waals surface area contributed by atoms with Gasteiger partial charge in [-0.05, 0) is 31.2 Å². The van der Waals surface area contributed by atoms with E-state index in [1.807, 2.05) is 25.1 Å². The summed E-state index contributed by atoms with van der Waals surface area (Å²) in [6.07, 6.45) is 2.13. The minimum Gasteiger partial charge on any atom is -0.266 e. The third-order valence-electron chi connectivity index (χ3n) is 2.63. The molecule has 0 aliphatic carbocycles. The van der Waals surface area contributed by atoms with Crippen molar-refractivity contribution in [1.82, 2.24) is 4.98 Å². The van der Waals surface area contributed by atoms with Gasteiger partial charge in [0.1, 0.15) is 0 Å². The number of hydrogen-bond acceptors (Lipinski definition) is 4. The van der Waals surface area contributed by atoms with E-state index in [-0.39, 0.29) is 11.5 Å². The molecule has 2 rings (SSSR count). The van der Waals surface area contributed by atoms with Crippen molar-refractivity contribution >= 4 is 10.1 Å². The number of rotatable bonds is 5. The number of benzene rings is 1. The van der Waals surface area contributed by atoms with Crippen LogP contribution in [-0.4, -0.2) is 20.0 Å². The van der Waals surface area contributed by atoms with E-state index >= 15 is 0 Å². The maximum Gasteiger partial charge on any atom is 0.296 e. The minimum atomic E-state index is -3.67. The summed E-state index contributed by atoms with van der Waals surface area (Å²) < 4.78 is 28.8. The highest BCUT2D eigenvalue weighted by Crippen LogP contribution is 2.13. The minimum absolute atomic E-state index is 0.0905. The Morgan fingerprint density at radius 1 is 1.11 bits per heavy atom. The molecule has 1 heterocycles. The topological polar surface area (TPSA) is 56.3 Å². The molecule has 2 aromatic rings. The second-order valence-corrected chi connectivity index (χ2v) is 5.78. The van der Waals surface area contributed by atoms with E-state index in [9.17, 15) is 8.42 Å². The van der Waals surface area contributed by atoms with Gasteiger partial charge in [0.15, 0.2) is 0 Å². The lowest BCUT2D eigenvalue weighted by Gasteiger charge is -2.05. The van der Waals surface area contributed by atoms with Gasteiger partial charge in [-0.2, -0.15) is 8.42 Å². The molecule has 0 aliphatic rings. The Morgan fingerprint density at radius 3 is 2.47 bits per heavy atom. The molecule has 0 aliphatic heterocycles. The van der Waals surface area contributed by atoms with Crippen molar-refractivity contribution < 1.29 is 12.6 Å². The fraction of sp³-hybridized carbons (Fsp3) is 0.214. The summed E-state index contributed by atoms with van der Waals surface area (Å²) in [5.74, 6) is 0. The predicted octanol–water partition coefficient (Wildman–Crippen LogP) is 2.34. The van der Waals surface area contributed by atoms with Crippen molar-refractivity contribution in [2.75, 3.05) is 6.61 Å². The van der Waals surface area contributed by atoms with Gasteiger partial charge in [-0.15, -0.1) is 0 Å². The number of pyridine rings is 1. The Balaban J connectivity index is 1.97. The van der Waals surface area contributed by atoms with E-state index < -0.39 is 10.1 Å². The Hall–Kier alpha value is -1.72. The first-order chi connectivity index (χ1) is 9.08. The van der Waals surface area contributed by atoms with Crippen LogP contribution in [0, 0.1) is 6.92 Å². The van der Waals surface area contributed by atoms with E-state index in [0.29, 0.717) is 6.42 Å². The van der Waals surface area contributed by atoms with Crippen LogP contribution in [0.25, 0.3) is 0 Å². The van der Waals surface area contributed by atoms with Crippen LogP contribution in [0.15, 0.2) is 53.6 Å². The van der Waals surface area contributed by atoms with Gasteiger partial charge in [-0.3, -0.25) is 9.17 Å². The average molecular weight is 277 g/mol. The Morgan fingerprint density at radius 2 is 1.84 bits per heavy atom. The zero-order valence-electron chi connectivity index (χ0n) is 10.6. The van der Waals surface area contributed by atoms with E-state index in [0.717, 1.165) is 11.3 Å². The first-order valence-electron chi connectivity index (χ1n) is 5.94. The van der Waals surface area contributed by atoms with Crippen LogP contribution in [-0.2, 0) is 20.7 Å². The summed E-state index contributed by atoms with van der Waals surface area (Å²) in [6, 6.07) is 12.1. The van der Waals surface area contributed by atoms with Crippen molar-refractivity contribution in [3.8, 4) is 0 Å². The number of aromatic nitrogens is 1. The van der Waals surface area contributed by atoms with Gasteiger partial charge < -0.3 is 0 Å². The zero-order chi connectivity index (χ0) is 13.7. The van der Waals surface area contributed by atoms with Crippen molar-refractivity contribution in [3.63, 3.8) is 0 Å². The molecular weight excluding hydrogens is 262 g/mol. The molecular formula is C14H15NO3S. The summed E-state index contributed by atoms with van der Waals surface area (Å²) in [5, 5.41) is 0. The van der Waals surface area contributed by atoms with Gasteiger partial charge in [0.05, 0.1) is 11.5 Å². The predicted molar refractivity (Wildman–Crippen MR) is 72.3 cm³/mol. The zero-order valence-corrected chi connectivity index (χ0v) is 11.4. The molecule has 0 radical (unpaired) electrons. The van der Waals surface area contributed by atoms with Gasteiger partial charge in [0, 0.05) is 18.3 Å². The van der Waals surface area contributed by atoms with Crippen LogP contribution in [0.4, 0.5) is 0 Å². The van der Waals surface area contributed by atoms with Gasteiger partial charge in [-0.25, -0.2) is 0 Å². The summed E-state index contributed by atoms with van der Waals surface area (Å²) in [5.41, 5.74) is 1.81. The number of aryl methyl sites for hydroxylation is 1. The lowest BCUT2D eigenvalue weighted by Crippen LogP contribution is -2.09. The highest BCUT2D eigenvalue weighted by atomic mass is 32.2. The fourth-order valence-corrected chi connectivity index (χ4v) is 2.48. The lowest BCUT2D eigenvalue weighted by molar-refractivity contribution is 0.321. The van der Waals surface area contributed by atoms with Crippen molar-refractivity contribution in [3.05, 3.63) is 59.9 Å². The van der Waals surface area contributed by atoms with Crippen LogP contribution >= 0.6 is 0 Å². The van der Waals surface area contributed by atoms with E-state index in [1.165, 1.54) is 0 Å². The van der Waals surface area contributed by atoms with Crippen LogP contribution in [0.2, 0.25) is 0 Å². The van der Waals surface area contributed by atoms with Gasteiger partial charge in [0.25, 0.3) is 10.1 Å². The monoisotopic (exact) mass is 277 g/mol. The molecule has 4 nitrogen and oxygen atoms in total. The Kier molecular flexibility index (Phi) is 4.29. The summed E-state index contributed by atoms with van der Waals surface area (Å²) in [7, 11) is -3.67. The largest absolute Gasteiger partial charge is 0.296 e. The third kappa shape index (κ3) is 3.87. The molecule has 5 heteroatoms. The first-order valence-corrected chi connectivity index (χ1v) is 7.35. The highest BCUT2D eigenvalue weighted by Gasteiger charge is 2.14. The maximum absolute atomic E-state index is 11.9. The fourth-order valence-electron chi connectivity index (χ4n) is 1.57. The van der Waals surface area contributed by atoms with Gasteiger partial charge in [0.2, 0.25) is 0 Å². The van der Waals surface area contributed by atoms with Crippen LogP contribution in [0.3, 0.4) is 0 Å². The molecule has 0 N–H and O–H groups in total. The molecule has 0 fully saturated rings.